The Labute approximate surface area is 180 Å². The first-order valence-corrected chi connectivity index (χ1v) is 11.6. The first kappa shape index (κ1) is 21.4. The van der Waals surface area contributed by atoms with E-state index >= 15 is 0 Å². The quantitative estimate of drug-likeness (QED) is 0.307. The Morgan fingerprint density at radius 2 is 1.90 bits per heavy atom. The average molecular weight is 416 g/mol. The Hall–Kier alpha value is -1.85. The van der Waals surface area contributed by atoms with Crippen LogP contribution in [-0.4, -0.2) is 23.8 Å². The van der Waals surface area contributed by atoms with Gasteiger partial charge in [0.25, 0.3) is 0 Å². The summed E-state index contributed by atoms with van der Waals surface area (Å²) in [7, 11) is 0. The molecule has 3 fully saturated rings. The number of nitrogens with one attached hydrogen (secondary N) is 1. The lowest BCUT2D eigenvalue weighted by atomic mass is 9.47. The van der Waals surface area contributed by atoms with Crippen LogP contribution in [0.1, 0.15) is 79.1 Å². The summed E-state index contributed by atoms with van der Waals surface area (Å²) in [5, 5.41) is 4.30. The molecule has 0 bridgehead atoms. The Bertz CT molecular complexity index is 791. The number of fused-ring (bicyclic) bond motifs is 5. The first-order valence-electron chi connectivity index (χ1n) is 11.6. The number of carbonyl (C=O) groups is 2. The van der Waals surface area contributed by atoms with Crippen LogP contribution in [0.15, 0.2) is 16.8 Å². The minimum Gasteiger partial charge on any atom is -0.462 e. The minimum atomic E-state index is -0.597. The fourth-order valence-corrected chi connectivity index (χ4v) is 7.87. The van der Waals surface area contributed by atoms with E-state index in [1.165, 1.54) is 31.8 Å². The number of hydrogen-bond donors (Lipinski definition) is 2. The predicted molar refractivity (Wildman–Crippen MR) is 117 cm³/mol. The van der Waals surface area contributed by atoms with Gasteiger partial charge < -0.3 is 10.5 Å². The van der Waals surface area contributed by atoms with Gasteiger partial charge in [0.15, 0.2) is 0 Å². The number of hydrogen-bond acceptors (Lipinski definition) is 4. The molecule has 4 aliphatic rings. The number of nitrogens with two attached hydrogens (primary N) is 1. The van der Waals surface area contributed by atoms with Crippen molar-refractivity contribution >= 4 is 17.7 Å². The number of nitrogens with zero attached hydrogens (tertiary/aromatic N) is 1. The molecule has 6 nitrogen and oxygen atoms in total. The van der Waals surface area contributed by atoms with Crippen LogP contribution < -0.4 is 11.2 Å². The van der Waals surface area contributed by atoms with Gasteiger partial charge in [0.1, 0.15) is 6.10 Å². The van der Waals surface area contributed by atoms with E-state index in [4.69, 9.17) is 10.5 Å². The second-order valence-corrected chi connectivity index (χ2v) is 10.6. The maximum Gasteiger partial charge on any atom is 0.332 e. The largest absolute Gasteiger partial charge is 0.462 e. The van der Waals surface area contributed by atoms with Crippen molar-refractivity contribution in [1.82, 2.24) is 5.43 Å². The highest BCUT2D eigenvalue weighted by Crippen LogP contribution is 2.66. The fourth-order valence-electron chi connectivity index (χ4n) is 7.87. The highest BCUT2D eigenvalue weighted by Gasteiger charge is 2.59. The van der Waals surface area contributed by atoms with Gasteiger partial charge in [0, 0.05) is 25.0 Å². The molecule has 6 heteroatoms. The SMILES string of the molecule is CC(=O)O[C@H]1CC[C@@]2(C)C(=CC[C@H]3[C@@H]4CC[C@H](/C(C)=N\NC(N)=O)[C@@]4(C)CC[C@@H]32)C1. The number of hydrazone groups is 1. The molecular weight excluding hydrogens is 378 g/mol. The number of ether oxygens (including phenoxy) is 1. The van der Waals surface area contributed by atoms with Crippen molar-refractivity contribution in [3.05, 3.63) is 11.6 Å². The molecule has 4 aliphatic carbocycles. The van der Waals surface area contributed by atoms with E-state index in [1.807, 2.05) is 6.92 Å². The van der Waals surface area contributed by atoms with E-state index in [1.54, 1.807) is 0 Å². The van der Waals surface area contributed by atoms with Crippen LogP contribution in [0, 0.1) is 34.5 Å². The highest BCUT2D eigenvalue weighted by molar-refractivity contribution is 5.86. The highest BCUT2D eigenvalue weighted by atomic mass is 16.5. The summed E-state index contributed by atoms with van der Waals surface area (Å²) in [6.07, 6.45) is 11.5. The van der Waals surface area contributed by atoms with E-state index in [2.05, 4.69) is 30.5 Å². The van der Waals surface area contributed by atoms with Crippen LogP contribution >= 0.6 is 0 Å². The molecule has 166 valence electrons. The zero-order chi connectivity index (χ0) is 21.7. The van der Waals surface area contributed by atoms with E-state index < -0.39 is 6.03 Å². The summed E-state index contributed by atoms with van der Waals surface area (Å²) in [5.41, 5.74) is 10.7. The van der Waals surface area contributed by atoms with E-state index in [9.17, 15) is 9.59 Å². The number of primary amides is 1. The molecule has 2 amide bonds. The van der Waals surface area contributed by atoms with Crippen molar-refractivity contribution < 1.29 is 14.3 Å². The molecule has 3 N–H and O–H groups in total. The second-order valence-electron chi connectivity index (χ2n) is 10.6. The van der Waals surface area contributed by atoms with Crippen LogP contribution in [0.25, 0.3) is 0 Å². The lowest BCUT2D eigenvalue weighted by molar-refractivity contribution is -0.148. The van der Waals surface area contributed by atoms with Gasteiger partial charge >= 0.3 is 12.0 Å². The summed E-state index contributed by atoms with van der Waals surface area (Å²) in [6.45, 7) is 8.48. The number of carbonyl (C=O) groups excluding carboxylic acids is 2. The van der Waals surface area contributed by atoms with Gasteiger partial charge in [-0.15, -0.1) is 0 Å². The number of rotatable bonds is 3. The van der Waals surface area contributed by atoms with Crippen LogP contribution in [0.2, 0.25) is 0 Å². The van der Waals surface area contributed by atoms with E-state index in [0.29, 0.717) is 23.7 Å². The van der Waals surface area contributed by atoms with Gasteiger partial charge in [-0.25, -0.2) is 10.2 Å². The molecular formula is C24H37N3O3. The Morgan fingerprint density at radius 3 is 2.60 bits per heavy atom. The van der Waals surface area contributed by atoms with Crippen LogP contribution in [0.4, 0.5) is 4.79 Å². The standard InChI is InChI=1S/C24H37N3O3/c1-14(26-27-22(25)29)19-7-8-20-18-6-5-16-13-17(30-15(2)28)9-11-23(16,3)21(18)10-12-24(19,20)4/h5,17-21H,6-13H2,1-4H3,(H3,25,27,29)/b26-14-/t17-,18-,19+,20-,21-,23-,24+/m0/s1. The predicted octanol–water partition coefficient (Wildman–Crippen LogP) is 4.54. The van der Waals surface area contributed by atoms with Gasteiger partial charge in [-0.1, -0.05) is 25.5 Å². The normalized spacial score (nSPS) is 43.0. The van der Waals surface area contributed by atoms with Crippen molar-refractivity contribution in [2.75, 3.05) is 0 Å². The molecule has 0 saturated heterocycles. The zero-order valence-corrected chi connectivity index (χ0v) is 18.9. The molecule has 0 spiro atoms. The first-order chi connectivity index (χ1) is 14.1. The second kappa shape index (κ2) is 7.69. The summed E-state index contributed by atoms with van der Waals surface area (Å²) in [5.74, 6) is 2.37. The lowest BCUT2D eigenvalue weighted by Gasteiger charge is -2.58. The van der Waals surface area contributed by atoms with Gasteiger partial charge in [0.05, 0.1) is 0 Å². The third-order valence-electron chi connectivity index (χ3n) is 9.24. The third kappa shape index (κ3) is 3.46. The Morgan fingerprint density at radius 1 is 1.13 bits per heavy atom. The van der Waals surface area contributed by atoms with E-state index in [0.717, 1.165) is 37.8 Å². The minimum absolute atomic E-state index is 0.0553. The van der Waals surface area contributed by atoms with Gasteiger partial charge in [-0.3, -0.25) is 4.79 Å². The van der Waals surface area contributed by atoms with Gasteiger partial charge in [0.2, 0.25) is 0 Å². The maximum absolute atomic E-state index is 11.4. The summed E-state index contributed by atoms with van der Waals surface area (Å²) >= 11 is 0. The van der Waals surface area contributed by atoms with Gasteiger partial charge in [-0.05, 0) is 80.5 Å². The van der Waals surface area contributed by atoms with Gasteiger partial charge in [-0.2, -0.15) is 5.10 Å². The third-order valence-corrected chi connectivity index (χ3v) is 9.24. The zero-order valence-electron chi connectivity index (χ0n) is 18.9. The van der Waals surface area contributed by atoms with Crippen LogP contribution in [0.5, 0.6) is 0 Å². The Balaban J connectivity index is 1.54. The monoisotopic (exact) mass is 415 g/mol. The number of amides is 2. The molecule has 0 radical (unpaired) electrons. The number of urea groups is 1. The fraction of sp³-hybridized carbons (Fsp3) is 0.792. The molecule has 0 heterocycles. The molecule has 3 saturated carbocycles. The molecule has 30 heavy (non-hydrogen) atoms. The smallest absolute Gasteiger partial charge is 0.332 e. The van der Waals surface area contributed by atoms with Crippen molar-refractivity contribution in [1.29, 1.82) is 0 Å². The van der Waals surface area contributed by atoms with Crippen LogP contribution in [0.3, 0.4) is 0 Å². The molecule has 0 aromatic carbocycles. The molecule has 4 rings (SSSR count). The van der Waals surface area contributed by atoms with Crippen molar-refractivity contribution in [3.8, 4) is 0 Å². The molecule has 0 aromatic rings. The van der Waals surface area contributed by atoms with Crippen molar-refractivity contribution in [2.24, 2.45) is 45.3 Å². The summed E-state index contributed by atoms with van der Waals surface area (Å²) < 4.78 is 5.56. The Kier molecular flexibility index (Phi) is 5.48. The summed E-state index contributed by atoms with van der Waals surface area (Å²) in [4.78, 5) is 22.5. The number of esters is 1. The number of allylic oxidation sites excluding steroid dienone is 1. The molecule has 0 unspecified atom stereocenters. The summed E-state index contributed by atoms with van der Waals surface area (Å²) in [6, 6.07) is -0.597. The molecule has 7 atom stereocenters. The van der Waals surface area contributed by atoms with Crippen molar-refractivity contribution in [3.63, 3.8) is 0 Å². The molecule has 0 aromatic heterocycles. The average Bonchev–Trinajstić information content (AvgIpc) is 3.03. The molecule has 0 aliphatic heterocycles. The van der Waals surface area contributed by atoms with Crippen molar-refractivity contribution in [2.45, 2.75) is 85.2 Å². The topological polar surface area (TPSA) is 93.8 Å². The van der Waals surface area contributed by atoms with Crippen LogP contribution in [-0.2, 0) is 9.53 Å². The van der Waals surface area contributed by atoms with E-state index in [-0.39, 0.29) is 22.9 Å². The lowest BCUT2D eigenvalue weighted by Crippen LogP contribution is -2.51. The maximum atomic E-state index is 11.4.